The number of aryl methyl sites for hydroxylation is 2. The minimum Gasteiger partial charge on any atom is -0.465 e. The lowest BCUT2D eigenvalue weighted by molar-refractivity contribution is 0.0600. The van der Waals surface area contributed by atoms with Crippen molar-refractivity contribution < 1.29 is 9.53 Å². The van der Waals surface area contributed by atoms with E-state index >= 15 is 0 Å². The number of hydrogen-bond donors (Lipinski definition) is 0. The van der Waals surface area contributed by atoms with E-state index in [1.54, 1.807) is 35.6 Å². The molecule has 0 unspecified atom stereocenters. The smallest absolute Gasteiger partial charge is 0.337 e. The van der Waals surface area contributed by atoms with Gasteiger partial charge in [-0.25, -0.2) is 9.48 Å². The first-order valence-electron chi connectivity index (χ1n) is 10.9. The topological polar surface area (TPSA) is 74.1 Å². The molecule has 1 aliphatic rings. The van der Waals surface area contributed by atoms with Gasteiger partial charge < -0.3 is 4.74 Å². The van der Waals surface area contributed by atoms with Crippen molar-refractivity contribution in [1.29, 1.82) is 0 Å². The summed E-state index contributed by atoms with van der Waals surface area (Å²) < 4.78 is 6.09. The third-order valence-electron chi connectivity index (χ3n) is 4.92. The average molecular weight is 496 g/mol. The van der Waals surface area contributed by atoms with Crippen molar-refractivity contribution in [3.05, 3.63) is 123 Å². The van der Waals surface area contributed by atoms with Crippen LogP contribution in [0.2, 0.25) is 0 Å². The Labute approximate surface area is 213 Å². The Morgan fingerprint density at radius 2 is 1.64 bits per heavy atom. The van der Waals surface area contributed by atoms with Gasteiger partial charge in [0, 0.05) is 4.88 Å². The molecule has 1 aromatic carbocycles. The zero-order valence-corrected chi connectivity index (χ0v) is 21.0. The van der Waals surface area contributed by atoms with E-state index in [0.717, 1.165) is 35.0 Å². The first-order chi connectivity index (χ1) is 17.5. The molecular formula is C29H25N3O3S. The second-order valence-electron chi connectivity index (χ2n) is 7.24. The van der Waals surface area contributed by atoms with Crippen molar-refractivity contribution >= 4 is 27.5 Å². The standard InChI is InChI=1S/C18H17N3O3S.C8H4.C3H4/c1-24-18(23)12-8-6-11(7-9-12)10-21-17(22)15-13-4-2-3-5-14(13)25-16(15)19-20-21;1-3-5-7-8-6-4-2;1-3-2/h6-9H,2-5,10H2,1H3;1-2H2;1-2H2. The van der Waals surface area contributed by atoms with E-state index in [0.29, 0.717) is 12.1 Å². The Morgan fingerprint density at radius 3 is 2.22 bits per heavy atom. The van der Waals surface area contributed by atoms with Gasteiger partial charge in [-0.2, -0.15) is 0 Å². The summed E-state index contributed by atoms with van der Waals surface area (Å²) in [5.74, 6) is -0.380. The van der Waals surface area contributed by atoms with Gasteiger partial charge in [-0.15, -0.1) is 22.2 Å². The van der Waals surface area contributed by atoms with Crippen LogP contribution in [0.5, 0.6) is 0 Å². The molecule has 0 radical (unpaired) electrons. The predicted octanol–water partition coefficient (Wildman–Crippen LogP) is 5.26. The van der Waals surface area contributed by atoms with Crippen molar-refractivity contribution in [2.75, 3.05) is 7.11 Å². The van der Waals surface area contributed by atoms with Gasteiger partial charge in [0.15, 0.2) is 4.83 Å². The molecule has 6 nitrogen and oxygen atoms in total. The summed E-state index contributed by atoms with van der Waals surface area (Å²) in [6, 6.07) is 6.97. The first kappa shape index (κ1) is 27.6. The van der Waals surface area contributed by atoms with Crippen LogP contribution in [0.3, 0.4) is 0 Å². The monoisotopic (exact) mass is 495 g/mol. The summed E-state index contributed by atoms with van der Waals surface area (Å²) in [5, 5.41) is 9.09. The minimum atomic E-state index is -0.380. The van der Waals surface area contributed by atoms with Gasteiger partial charge in [0.1, 0.15) is 0 Å². The SMILES string of the molecule is C=C=C.C=C=C=C=C=C=C=C.COC(=O)c1ccc(Cn2nnc3sc4c(c3c2=O)CCCC4)cc1. The van der Waals surface area contributed by atoms with Gasteiger partial charge in [-0.1, -0.05) is 42.0 Å². The summed E-state index contributed by atoms with van der Waals surface area (Å²) in [5.41, 5.74) is 19.2. The van der Waals surface area contributed by atoms with E-state index in [-0.39, 0.29) is 11.5 Å². The Morgan fingerprint density at radius 1 is 1.03 bits per heavy atom. The van der Waals surface area contributed by atoms with Gasteiger partial charge in [0.25, 0.3) is 5.56 Å². The molecule has 0 amide bonds. The molecule has 3 aromatic rings. The maximum absolute atomic E-state index is 12.9. The lowest BCUT2D eigenvalue weighted by atomic mass is 9.97. The average Bonchev–Trinajstić information content (AvgIpc) is 3.28. The van der Waals surface area contributed by atoms with E-state index in [1.807, 2.05) is 0 Å². The summed E-state index contributed by atoms with van der Waals surface area (Å²) in [7, 11) is 1.35. The first-order valence-corrected chi connectivity index (χ1v) is 11.7. The third kappa shape index (κ3) is 7.45. The van der Waals surface area contributed by atoms with Crippen LogP contribution in [0.4, 0.5) is 0 Å². The molecule has 7 heteroatoms. The van der Waals surface area contributed by atoms with Crippen LogP contribution < -0.4 is 5.56 Å². The van der Waals surface area contributed by atoms with Crippen LogP contribution in [0.25, 0.3) is 10.2 Å². The third-order valence-corrected chi connectivity index (χ3v) is 6.09. The molecule has 0 atom stereocenters. The molecule has 0 saturated heterocycles. The predicted molar refractivity (Wildman–Crippen MR) is 142 cm³/mol. The zero-order valence-electron chi connectivity index (χ0n) is 20.1. The molecule has 0 bridgehead atoms. The van der Waals surface area contributed by atoms with Gasteiger partial charge in [-0.05, 0) is 85.0 Å². The van der Waals surface area contributed by atoms with Crippen LogP contribution in [0, 0.1) is 0 Å². The Balaban J connectivity index is 0.000000352. The van der Waals surface area contributed by atoms with Crippen LogP contribution in [-0.2, 0) is 24.1 Å². The number of carbonyl (C=O) groups is 1. The van der Waals surface area contributed by atoms with Crippen LogP contribution in [-0.4, -0.2) is 28.1 Å². The fraction of sp³-hybridized carbons (Fsp3) is 0.207. The number of fused-ring (bicyclic) bond motifs is 3. The largest absolute Gasteiger partial charge is 0.465 e. The fourth-order valence-corrected chi connectivity index (χ4v) is 4.60. The van der Waals surface area contributed by atoms with Crippen molar-refractivity contribution in [2.24, 2.45) is 0 Å². The lowest BCUT2D eigenvalue weighted by Crippen LogP contribution is -2.25. The Kier molecular flexibility index (Phi) is 11.2. The normalized spacial score (nSPS) is 10.5. The van der Waals surface area contributed by atoms with E-state index in [1.165, 1.54) is 28.7 Å². The van der Waals surface area contributed by atoms with E-state index in [2.05, 4.69) is 76.7 Å². The number of ether oxygens (including phenoxy) is 1. The molecule has 0 fully saturated rings. The van der Waals surface area contributed by atoms with Crippen LogP contribution in [0.1, 0.15) is 39.2 Å². The van der Waals surface area contributed by atoms with Gasteiger partial charge in [-0.3, -0.25) is 4.79 Å². The van der Waals surface area contributed by atoms with Crippen molar-refractivity contribution in [3.8, 4) is 0 Å². The molecule has 0 aliphatic heterocycles. The molecule has 0 N–H and O–H groups in total. The highest BCUT2D eigenvalue weighted by Crippen LogP contribution is 2.33. The number of hydrogen-bond acceptors (Lipinski definition) is 6. The second-order valence-corrected chi connectivity index (χ2v) is 8.32. The quantitative estimate of drug-likeness (QED) is 0.366. The van der Waals surface area contributed by atoms with E-state index in [4.69, 9.17) is 4.74 Å². The summed E-state index contributed by atoms with van der Waals surface area (Å²) in [6.07, 6.45) is 4.28. The summed E-state index contributed by atoms with van der Waals surface area (Å²) in [4.78, 5) is 26.4. The molecule has 2 aromatic heterocycles. The second kappa shape index (κ2) is 14.6. The fourth-order valence-electron chi connectivity index (χ4n) is 3.40. The van der Waals surface area contributed by atoms with Gasteiger partial charge in [0.05, 0.1) is 24.6 Å². The van der Waals surface area contributed by atoms with E-state index < -0.39 is 0 Å². The van der Waals surface area contributed by atoms with Crippen LogP contribution in [0.15, 0.2) is 95.5 Å². The number of rotatable bonds is 3. The number of thiophene rings is 1. The highest BCUT2D eigenvalue weighted by Gasteiger charge is 2.20. The maximum Gasteiger partial charge on any atom is 0.337 e. The minimum absolute atomic E-state index is 0.0820. The van der Waals surface area contributed by atoms with Gasteiger partial charge in [0.2, 0.25) is 0 Å². The number of aromatic nitrogens is 3. The number of esters is 1. The van der Waals surface area contributed by atoms with Crippen LogP contribution >= 0.6 is 11.3 Å². The zero-order chi connectivity index (χ0) is 26.3. The number of methoxy groups -OCH3 is 1. The number of nitrogens with zero attached hydrogens (tertiary/aromatic N) is 3. The molecule has 0 spiro atoms. The molecule has 2 heterocycles. The van der Waals surface area contributed by atoms with Crippen molar-refractivity contribution in [1.82, 2.24) is 15.0 Å². The van der Waals surface area contributed by atoms with Gasteiger partial charge >= 0.3 is 5.97 Å². The maximum atomic E-state index is 12.9. The summed E-state index contributed by atoms with van der Waals surface area (Å²) in [6.45, 7) is 13.1. The molecule has 180 valence electrons. The highest BCUT2D eigenvalue weighted by molar-refractivity contribution is 7.18. The molecule has 36 heavy (non-hydrogen) atoms. The van der Waals surface area contributed by atoms with Crippen molar-refractivity contribution in [2.45, 2.75) is 32.2 Å². The lowest BCUT2D eigenvalue weighted by Gasteiger charge is -2.10. The van der Waals surface area contributed by atoms with E-state index in [9.17, 15) is 9.59 Å². The van der Waals surface area contributed by atoms with Crippen molar-refractivity contribution in [3.63, 3.8) is 0 Å². The number of benzene rings is 1. The molecule has 4 rings (SSSR count). The summed E-state index contributed by atoms with van der Waals surface area (Å²) >= 11 is 1.60. The molecule has 1 aliphatic carbocycles. The molecule has 0 saturated carbocycles. The number of carbonyl (C=O) groups excluding carboxylic acids is 1. The Hall–Kier alpha value is -4.60. The highest BCUT2D eigenvalue weighted by atomic mass is 32.1. The molecular weight excluding hydrogens is 470 g/mol. The Bertz CT molecular complexity index is 1520.